The van der Waals surface area contributed by atoms with Gasteiger partial charge in [-0.3, -0.25) is 14.6 Å². The summed E-state index contributed by atoms with van der Waals surface area (Å²) in [5.74, 6) is 1.03. The lowest BCUT2D eigenvalue weighted by Crippen LogP contribution is -2.18. The first-order chi connectivity index (χ1) is 13.6. The predicted molar refractivity (Wildman–Crippen MR) is 110 cm³/mol. The Morgan fingerprint density at radius 1 is 1.18 bits per heavy atom. The zero-order valence-electron chi connectivity index (χ0n) is 15.7. The Labute approximate surface area is 171 Å². The summed E-state index contributed by atoms with van der Waals surface area (Å²) in [5.41, 5.74) is 0.954. The molecular formula is C19H21N5O2S2. The Hall–Kier alpha value is -2.52. The van der Waals surface area contributed by atoms with Crippen LogP contribution in [0.5, 0.6) is 0 Å². The topological polar surface area (TPSA) is 89.8 Å². The van der Waals surface area contributed by atoms with Gasteiger partial charge in [0.1, 0.15) is 0 Å². The second-order valence-electron chi connectivity index (χ2n) is 6.08. The first-order valence-corrected chi connectivity index (χ1v) is 10.7. The van der Waals surface area contributed by atoms with Crippen molar-refractivity contribution in [1.82, 2.24) is 25.1 Å². The minimum Gasteiger partial charge on any atom is -0.351 e. The van der Waals surface area contributed by atoms with Crippen molar-refractivity contribution >= 4 is 34.8 Å². The minimum atomic E-state index is -0.0860. The van der Waals surface area contributed by atoms with Crippen molar-refractivity contribution in [3.63, 3.8) is 0 Å². The van der Waals surface area contributed by atoms with Gasteiger partial charge in [-0.15, -0.1) is 21.5 Å². The molecule has 0 bridgehead atoms. The van der Waals surface area contributed by atoms with Crippen molar-refractivity contribution in [1.29, 1.82) is 0 Å². The van der Waals surface area contributed by atoms with E-state index >= 15 is 0 Å². The number of thiophene rings is 1. The van der Waals surface area contributed by atoms with Crippen LogP contribution in [0, 0.1) is 0 Å². The first kappa shape index (κ1) is 20.2. The summed E-state index contributed by atoms with van der Waals surface area (Å²) in [6, 6.07) is 7.49. The third-order valence-electron chi connectivity index (χ3n) is 3.88. The van der Waals surface area contributed by atoms with Crippen molar-refractivity contribution in [2.24, 2.45) is 0 Å². The molecule has 0 saturated heterocycles. The molecule has 3 aromatic heterocycles. The maximum absolute atomic E-state index is 12.6. The molecule has 3 heterocycles. The van der Waals surface area contributed by atoms with Crippen LogP contribution < -0.4 is 5.32 Å². The molecule has 1 amide bonds. The molecule has 0 saturated carbocycles. The monoisotopic (exact) mass is 415 g/mol. The molecule has 3 aromatic rings. The van der Waals surface area contributed by atoms with Crippen LogP contribution in [0.3, 0.4) is 0 Å². The molecular weight excluding hydrogens is 394 g/mol. The van der Waals surface area contributed by atoms with Gasteiger partial charge in [-0.1, -0.05) is 18.7 Å². The second-order valence-corrected chi connectivity index (χ2v) is 8.19. The second kappa shape index (κ2) is 9.61. The molecule has 7 nitrogen and oxygen atoms in total. The van der Waals surface area contributed by atoms with Crippen LogP contribution in [0.25, 0.3) is 11.4 Å². The molecule has 0 aliphatic rings. The van der Waals surface area contributed by atoms with Crippen molar-refractivity contribution in [2.45, 2.75) is 38.5 Å². The number of aromatic nitrogens is 4. The fraction of sp³-hybridized carbons (Fsp3) is 0.316. The summed E-state index contributed by atoms with van der Waals surface area (Å²) in [5, 5.41) is 12.1. The van der Waals surface area contributed by atoms with Crippen LogP contribution in [0.1, 0.15) is 34.8 Å². The van der Waals surface area contributed by atoms with E-state index in [4.69, 9.17) is 0 Å². The summed E-state index contributed by atoms with van der Waals surface area (Å²) in [7, 11) is 0. The van der Waals surface area contributed by atoms with E-state index in [-0.39, 0.29) is 17.4 Å². The molecule has 0 spiro atoms. The largest absolute Gasteiger partial charge is 0.351 e. The van der Waals surface area contributed by atoms with E-state index in [1.165, 1.54) is 30.0 Å². The number of carbonyl (C=O) groups excluding carboxylic acids is 2. The maximum Gasteiger partial charge on any atom is 0.217 e. The Morgan fingerprint density at radius 3 is 2.68 bits per heavy atom. The summed E-state index contributed by atoms with van der Waals surface area (Å²) < 4.78 is 2.05. The lowest BCUT2D eigenvalue weighted by molar-refractivity contribution is -0.119. The molecule has 0 aliphatic carbocycles. The van der Waals surface area contributed by atoms with Crippen LogP contribution in [0.4, 0.5) is 0 Å². The Bertz CT molecular complexity index is 952. The summed E-state index contributed by atoms with van der Waals surface area (Å²) in [4.78, 5) is 29.2. The van der Waals surface area contributed by atoms with Gasteiger partial charge in [0.25, 0.3) is 0 Å². The smallest absolute Gasteiger partial charge is 0.217 e. The number of pyridine rings is 1. The number of amides is 1. The highest BCUT2D eigenvalue weighted by Gasteiger charge is 2.16. The number of rotatable bonds is 9. The zero-order valence-corrected chi connectivity index (χ0v) is 17.3. The molecule has 0 radical (unpaired) electrons. The average molecular weight is 416 g/mol. The minimum absolute atomic E-state index is 0.0422. The molecule has 0 fully saturated rings. The van der Waals surface area contributed by atoms with Gasteiger partial charge in [0.05, 0.1) is 17.2 Å². The van der Waals surface area contributed by atoms with E-state index in [0.29, 0.717) is 11.4 Å². The normalized spacial score (nSPS) is 10.8. The molecule has 146 valence electrons. The highest BCUT2D eigenvalue weighted by Crippen LogP contribution is 2.26. The maximum atomic E-state index is 12.6. The van der Waals surface area contributed by atoms with Crippen molar-refractivity contribution in [3.8, 4) is 11.4 Å². The van der Waals surface area contributed by atoms with Crippen LogP contribution in [0.2, 0.25) is 0 Å². The van der Waals surface area contributed by atoms with Crippen LogP contribution in [-0.4, -0.2) is 37.2 Å². The van der Waals surface area contributed by atoms with Crippen LogP contribution in [-0.2, 0) is 17.9 Å². The van der Waals surface area contributed by atoms with Gasteiger partial charge in [-0.25, -0.2) is 0 Å². The number of hydrogen-bond acceptors (Lipinski definition) is 7. The molecule has 0 atom stereocenters. The van der Waals surface area contributed by atoms with Gasteiger partial charge in [0.2, 0.25) is 5.91 Å². The van der Waals surface area contributed by atoms with E-state index in [0.717, 1.165) is 34.4 Å². The van der Waals surface area contributed by atoms with Gasteiger partial charge in [-0.05, 0) is 30.7 Å². The zero-order chi connectivity index (χ0) is 19.9. The van der Waals surface area contributed by atoms with E-state index in [2.05, 4.69) is 27.4 Å². The lowest BCUT2D eigenvalue weighted by atomic mass is 10.2. The van der Waals surface area contributed by atoms with Gasteiger partial charge in [0.15, 0.2) is 16.8 Å². The van der Waals surface area contributed by atoms with Crippen molar-refractivity contribution < 1.29 is 9.59 Å². The molecule has 1 N–H and O–H groups in total. The molecule has 0 unspecified atom stereocenters. The van der Waals surface area contributed by atoms with E-state index in [1.807, 2.05) is 28.8 Å². The summed E-state index contributed by atoms with van der Waals surface area (Å²) in [6.45, 7) is 4.79. The SMILES string of the molecule is CCCn1c(SCC(=O)c2ccc(CNC(C)=O)s2)nnc1-c1ccncc1. The van der Waals surface area contributed by atoms with Gasteiger partial charge >= 0.3 is 0 Å². The van der Waals surface area contributed by atoms with E-state index < -0.39 is 0 Å². The average Bonchev–Trinajstić information content (AvgIpc) is 3.33. The molecule has 3 rings (SSSR count). The van der Waals surface area contributed by atoms with Crippen molar-refractivity contribution in [3.05, 3.63) is 46.4 Å². The third-order valence-corrected chi connectivity index (χ3v) is 5.98. The van der Waals surface area contributed by atoms with Crippen LogP contribution >= 0.6 is 23.1 Å². The number of hydrogen-bond donors (Lipinski definition) is 1. The third kappa shape index (κ3) is 5.05. The van der Waals surface area contributed by atoms with Crippen LogP contribution in [0.15, 0.2) is 41.8 Å². The fourth-order valence-corrected chi connectivity index (χ4v) is 4.39. The highest BCUT2D eigenvalue weighted by molar-refractivity contribution is 7.99. The number of nitrogens with zero attached hydrogens (tertiary/aromatic N) is 4. The van der Waals surface area contributed by atoms with E-state index in [9.17, 15) is 9.59 Å². The predicted octanol–water partition coefficient (Wildman–Crippen LogP) is 3.42. The first-order valence-electron chi connectivity index (χ1n) is 8.91. The summed E-state index contributed by atoms with van der Waals surface area (Å²) in [6.07, 6.45) is 4.40. The lowest BCUT2D eigenvalue weighted by Gasteiger charge is -2.08. The Balaban J connectivity index is 1.68. The number of ketones is 1. The van der Waals surface area contributed by atoms with E-state index in [1.54, 1.807) is 12.4 Å². The van der Waals surface area contributed by atoms with Crippen molar-refractivity contribution in [2.75, 3.05) is 5.75 Å². The molecule has 0 aromatic carbocycles. The quantitative estimate of drug-likeness (QED) is 0.425. The molecule has 0 aliphatic heterocycles. The van der Waals surface area contributed by atoms with Gasteiger partial charge in [-0.2, -0.15) is 0 Å². The highest BCUT2D eigenvalue weighted by atomic mass is 32.2. The Kier molecular flexibility index (Phi) is 6.94. The Morgan fingerprint density at radius 2 is 1.96 bits per heavy atom. The number of thioether (sulfide) groups is 1. The molecule has 28 heavy (non-hydrogen) atoms. The standard InChI is InChI=1S/C19H21N5O2S2/c1-3-10-24-18(14-6-8-20-9-7-14)22-23-19(24)27-12-16(26)17-5-4-15(28-17)11-21-13(2)25/h4-9H,3,10-12H2,1-2H3,(H,21,25). The van der Waals surface area contributed by atoms with Gasteiger partial charge < -0.3 is 9.88 Å². The number of Topliss-reactive ketones (excluding diaryl/α,β-unsaturated/α-hetero) is 1. The van der Waals surface area contributed by atoms with Gasteiger partial charge in [0, 0.05) is 36.3 Å². The number of carbonyl (C=O) groups is 2. The fourth-order valence-electron chi connectivity index (χ4n) is 2.57. The molecule has 9 heteroatoms. The number of nitrogens with one attached hydrogen (secondary N) is 1. The summed E-state index contributed by atoms with van der Waals surface area (Å²) >= 11 is 2.80.